The van der Waals surface area contributed by atoms with Crippen molar-refractivity contribution in [1.82, 2.24) is 9.97 Å². The van der Waals surface area contributed by atoms with Crippen molar-refractivity contribution in [3.05, 3.63) is 79.5 Å². The maximum absolute atomic E-state index is 12.5. The van der Waals surface area contributed by atoms with Crippen molar-refractivity contribution in [1.29, 1.82) is 0 Å². The highest BCUT2D eigenvalue weighted by atomic mass is 16.3. The molecule has 0 bridgehead atoms. The number of rotatable bonds is 1. The number of hydrogen-bond donors (Lipinski definition) is 3. The fraction of sp³-hybridized carbons (Fsp3) is 0.105. The molecule has 1 aromatic heterocycles. The molecule has 134 valence electrons. The molecule has 0 atom stereocenters. The minimum atomic E-state index is -0.858. The van der Waals surface area contributed by atoms with Gasteiger partial charge in [0.25, 0.3) is 5.56 Å². The number of nitrogens with zero attached hydrogens (tertiary/aromatic N) is 1. The quantitative estimate of drug-likeness (QED) is 0.392. The highest BCUT2D eigenvalue weighted by Gasteiger charge is 2.34. The summed E-state index contributed by atoms with van der Waals surface area (Å²) in [6, 6.07) is 6.74. The van der Waals surface area contributed by atoms with Crippen molar-refractivity contribution in [2.24, 2.45) is 4.99 Å². The summed E-state index contributed by atoms with van der Waals surface area (Å²) < 4.78 is 0. The Balaban J connectivity index is 2.03. The maximum atomic E-state index is 12.5. The Hall–Kier alpha value is -3.81. The second-order valence-corrected chi connectivity index (χ2v) is 6.31. The molecular formula is C19H13N3O5. The van der Waals surface area contributed by atoms with Crippen molar-refractivity contribution in [3.63, 3.8) is 0 Å². The third-order valence-electron chi connectivity index (χ3n) is 4.44. The molecule has 0 amide bonds. The molecule has 3 N–H and O–H groups in total. The van der Waals surface area contributed by atoms with Gasteiger partial charge in [-0.05, 0) is 0 Å². The number of carbonyl (C=O) groups excluding carboxylic acids is 2. The van der Waals surface area contributed by atoms with Crippen molar-refractivity contribution in [2.45, 2.75) is 12.8 Å². The molecule has 27 heavy (non-hydrogen) atoms. The van der Waals surface area contributed by atoms with Gasteiger partial charge < -0.3 is 5.11 Å². The minimum Gasteiger partial charge on any atom is -0.494 e. The fourth-order valence-corrected chi connectivity index (χ4v) is 3.32. The Morgan fingerprint density at radius 3 is 2.22 bits per heavy atom. The maximum Gasteiger partial charge on any atom is 0.328 e. The number of hydrogen-bond acceptors (Lipinski definition) is 6. The molecule has 0 radical (unpaired) electrons. The summed E-state index contributed by atoms with van der Waals surface area (Å²) in [5.41, 5.74) is -0.211. The van der Waals surface area contributed by atoms with Gasteiger partial charge in [0.2, 0.25) is 5.88 Å². The minimum absolute atomic E-state index is 0.0369. The van der Waals surface area contributed by atoms with Crippen LogP contribution in [0.5, 0.6) is 5.88 Å². The molecule has 1 aliphatic heterocycles. The van der Waals surface area contributed by atoms with E-state index in [0.29, 0.717) is 16.7 Å². The van der Waals surface area contributed by atoms with Crippen LogP contribution in [0.4, 0.5) is 0 Å². The lowest BCUT2D eigenvalue weighted by molar-refractivity contribution is -0.122. The van der Waals surface area contributed by atoms with E-state index in [4.69, 9.17) is 0 Å². The molecule has 2 aromatic rings. The molecule has 1 aliphatic carbocycles. The van der Waals surface area contributed by atoms with Gasteiger partial charge in [-0.1, -0.05) is 36.4 Å². The van der Waals surface area contributed by atoms with E-state index >= 15 is 0 Å². The number of nitrogens with one attached hydrogen (secondary N) is 2. The molecule has 0 spiro atoms. The van der Waals surface area contributed by atoms with Crippen LogP contribution in [0, 0.1) is 0 Å². The number of allylic oxidation sites excluding steroid dienone is 2. The lowest BCUT2D eigenvalue weighted by Gasteiger charge is -2.15. The second kappa shape index (κ2) is 5.87. The number of aliphatic imine (C=N–C) groups is 1. The lowest BCUT2D eigenvalue weighted by atomic mass is 9.86. The van der Waals surface area contributed by atoms with E-state index < -0.39 is 17.1 Å². The molecule has 1 saturated carbocycles. The summed E-state index contributed by atoms with van der Waals surface area (Å²) in [5.74, 6) is -1.41. The van der Waals surface area contributed by atoms with Gasteiger partial charge in [-0.2, -0.15) is 0 Å². The predicted octanol–water partition coefficient (Wildman–Crippen LogP) is 0.819. The molecule has 1 aromatic carbocycles. The normalized spacial score (nSPS) is 16.6. The monoisotopic (exact) mass is 363 g/mol. The summed E-state index contributed by atoms with van der Waals surface area (Å²) in [4.78, 5) is 57.0. The molecule has 8 heteroatoms. The number of aromatic nitrogens is 2. The van der Waals surface area contributed by atoms with Crippen molar-refractivity contribution < 1.29 is 14.7 Å². The Bertz CT molecular complexity index is 1200. The summed E-state index contributed by atoms with van der Waals surface area (Å²) in [6.07, 6.45) is 0.115. The third kappa shape index (κ3) is 2.58. The number of carbonyl (C=O) groups is 2. The lowest BCUT2D eigenvalue weighted by Crippen LogP contribution is -2.27. The highest BCUT2D eigenvalue weighted by molar-refractivity contribution is 6.31. The van der Waals surface area contributed by atoms with Crippen LogP contribution in [0.1, 0.15) is 29.5 Å². The molecule has 2 heterocycles. The fourth-order valence-electron chi connectivity index (χ4n) is 3.32. The number of benzene rings is 1. The summed E-state index contributed by atoms with van der Waals surface area (Å²) in [7, 11) is 0. The van der Waals surface area contributed by atoms with Crippen LogP contribution >= 0.6 is 0 Å². The van der Waals surface area contributed by atoms with Crippen LogP contribution in [0.3, 0.4) is 0 Å². The van der Waals surface area contributed by atoms with Crippen LogP contribution in [0.2, 0.25) is 0 Å². The number of H-pyrrole nitrogens is 2. The molecule has 0 unspecified atom stereocenters. The van der Waals surface area contributed by atoms with E-state index in [1.54, 1.807) is 24.3 Å². The average Bonchev–Trinajstić information content (AvgIpc) is 2.93. The first kappa shape index (κ1) is 16.6. The van der Waals surface area contributed by atoms with E-state index in [2.05, 4.69) is 16.6 Å². The zero-order valence-electron chi connectivity index (χ0n) is 14.0. The van der Waals surface area contributed by atoms with E-state index in [9.17, 15) is 24.3 Å². The van der Waals surface area contributed by atoms with E-state index in [1.165, 1.54) is 0 Å². The van der Waals surface area contributed by atoms with Gasteiger partial charge >= 0.3 is 5.69 Å². The average molecular weight is 363 g/mol. The van der Waals surface area contributed by atoms with Crippen LogP contribution in [-0.4, -0.2) is 32.4 Å². The van der Waals surface area contributed by atoms with Gasteiger partial charge in [-0.3, -0.25) is 24.4 Å². The topological polar surface area (TPSA) is 132 Å². The number of ketones is 2. The largest absolute Gasteiger partial charge is 0.494 e. The number of Topliss-reactive ketones (excluding diaryl/α,β-unsaturated/α-hetero) is 2. The van der Waals surface area contributed by atoms with E-state index in [0.717, 1.165) is 0 Å². The Kier molecular flexibility index (Phi) is 3.62. The molecule has 1 fully saturated rings. The van der Waals surface area contributed by atoms with Crippen LogP contribution in [0.25, 0.3) is 5.70 Å². The first-order valence-corrected chi connectivity index (χ1v) is 8.08. The number of fused-ring (bicyclic) bond motifs is 1. The summed E-state index contributed by atoms with van der Waals surface area (Å²) >= 11 is 0. The van der Waals surface area contributed by atoms with E-state index in [1.807, 2.05) is 4.98 Å². The van der Waals surface area contributed by atoms with Gasteiger partial charge in [0.1, 0.15) is 5.56 Å². The van der Waals surface area contributed by atoms with Gasteiger partial charge in [-0.15, -0.1) is 0 Å². The van der Waals surface area contributed by atoms with Crippen LogP contribution < -0.4 is 11.2 Å². The number of aromatic hydroxyl groups is 1. The van der Waals surface area contributed by atoms with Gasteiger partial charge in [-0.25, -0.2) is 9.79 Å². The summed E-state index contributed by atoms with van der Waals surface area (Å²) in [6.45, 7) is 3.70. The molecule has 8 nitrogen and oxygen atoms in total. The Labute approximate surface area is 151 Å². The van der Waals surface area contributed by atoms with Crippen molar-refractivity contribution >= 4 is 23.0 Å². The number of aromatic amines is 2. The zero-order valence-corrected chi connectivity index (χ0v) is 14.0. The molecular weight excluding hydrogens is 350 g/mol. The smallest absolute Gasteiger partial charge is 0.328 e. The van der Waals surface area contributed by atoms with Gasteiger partial charge in [0.15, 0.2) is 11.6 Å². The van der Waals surface area contributed by atoms with Crippen molar-refractivity contribution in [3.8, 4) is 5.88 Å². The predicted molar refractivity (Wildman–Crippen MR) is 96.7 cm³/mol. The van der Waals surface area contributed by atoms with Crippen LogP contribution in [-0.2, 0) is 9.59 Å². The third-order valence-corrected chi connectivity index (χ3v) is 4.44. The second-order valence-electron chi connectivity index (χ2n) is 6.31. The van der Waals surface area contributed by atoms with Crippen molar-refractivity contribution in [2.75, 3.05) is 0 Å². The summed E-state index contributed by atoms with van der Waals surface area (Å²) in [5, 5.41) is 10.1. The first-order valence-electron chi connectivity index (χ1n) is 8.08. The Morgan fingerprint density at radius 2 is 1.59 bits per heavy atom. The van der Waals surface area contributed by atoms with E-state index in [-0.39, 0.29) is 47.0 Å². The van der Waals surface area contributed by atoms with Crippen LogP contribution in [0.15, 0.2) is 56.6 Å². The molecule has 4 rings (SSSR count). The Morgan fingerprint density at radius 1 is 0.963 bits per heavy atom. The highest BCUT2D eigenvalue weighted by Crippen LogP contribution is 2.36. The van der Waals surface area contributed by atoms with Gasteiger partial charge in [0.05, 0.1) is 17.0 Å². The molecule has 0 saturated heterocycles. The van der Waals surface area contributed by atoms with Gasteiger partial charge in [0, 0.05) is 24.0 Å². The standard InChI is InChI=1S/C19H13N3O5/c1-8-6-11(23)13(12(24)7-8)15-9-4-2-3-5-10(9)16(20-15)14-17(25)21-19(27)22-18(14)26/h2-5H,1,6-7H2,(H3,21,22,25,26,27). The zero-order chi connectivity index (χ0) is 19.3. The molecule has 2 aliphatic rings. The SMILES string of the molecule is C=C1CC(=O)C(=C2N=C(c3c(O)[nH]c(=O)[nH]c3=O)c3ccccc32)C(=O)C1. The first-order chi connectivity index (χ1) is 12.9.